The molecule has 2 aromatic carbocycles. The normalized spacial score (nSPS) is 10.4. The first-order chi connectivity index (χ1) is 8.59. The van der Waals surface area contributed by atoms with E-state index >= 15 is 0 Å². The molecule has 0 saturated carbocycles. The number of anilines is 1. The molecule has 0 saturated heterocycles. The van der Waals surface area contributed by atoms with Crippen molar-refractivity contribution in [2.24, 2.45) is 0 Å². The molecule has 2 rings (SSSR count). The van der Waals surface area contributed by atoms with Crippen molar-refractivity contribution in [3.8, 4) is 5.75 Å². The van der Waals surface area contributed by atoms with Crippen LogP contribution in [-0.2, 0) is 6.54 Å². The van der Waals surface area contributed by atoms with Gasteiger partial charge in [-0.15, -0.1) is 0 Å². The van der Waals surface area contributed by atoms with E-state index in [9.17, 15) is 5.11 Å². The van der Waals surface area contributed by atoms with Crippen LogP contribution in [0.1, 0.15) is 5.56 Å². The van der Waals surface area contributed by atoms with E-state index in [-0.39, 0.29) is 0 Å². The van der Waals surface area contributed by atoms with Crippen molar-refractivity contribution < 1.29 is 5.11 Å². The quantitative estimate of drug-likeness (QED) is 0.667. The van der Waals surface area contributed by atoms with Gasteiger partial charge in [-0.25, -0.2) is 0 Å². The summed E-state index contributed by atoms with van der Waals surface area (Å²) < 4.78 is 3.86. The Morgan fingerprint density at radius 1 is 1.00 bits per heavy atom. The molecule has 0 aliphatic rings. The highest BCUT2D eigenvalue weighted by Gasteiger charge is 2.11. The maximum atomic E-state index is 9.76. The second-order valence-electron chi connectivity index (χ2n) is 3.72. The van der Waals surface area contributed by atoms with Crippen LogP contribution >= 0.6 is 48.0 Å². The number of hydrogen-bond acceptors (Lipinski definition) is 2. The number of phenols is 1. The number of nitrogens with zero attached hydrogens (tertiary/aromatic N) is 1. The third kappa shape index (κ3) is 3.08. The minimum atomic E-state index is 0.299. The van der Waals surface area contributed by atoms with E-state index in [0.29, 0.717) is 12.3 Å². The lowest BCUT2D eigenvalue weighted by atomic mass is 10.2. The minimum Gasteiger partial charge on any atom is -0.508 e. The van der Waals surface area contributed by atoms with E-state index in [2.05, 4.69) is 48.0 Å². The van der Waals surface area contributed by atoms with Crippen LogP contribution in [0, 0.1) is 0 Å². The van der Waals surface area contributed by atoms with Crippen LogP contribution in [0.2, 0.25) is 0 Å². The van der Waals surface area contributed by atoms with Crippen molar-refractivity contribution in [2.45, 2.75) is 6.54 Å². The lowest BCUT2D eigenvalue weighted by Crippen LogP contribution is -2.09. The molecule has 0 amide bonds. The van der Waals surface area contributed by atoms with Crippen LogP contribution in [0.3, 0.4) is 0 Å². The molecule has 5 heteroatoms. The van der Waals surface area contributed by atoms with Crippen LogP contribution in [0.25, 0.3) is 0 Å². The van der Waals surface area contributed by atoms with Gasteiger partial charge in [0, 0.05) is 10.0 Å². The Morgan fingerprint density at radius 3 is 2.44 bits per heavy atom. The van der Waals surface area contributed by atoms with Crippen molar-refractivity contribution in [2.75, 3.05) is 3.93 Å². The highest BCUT2D eigenvalue weighted by molar-refractivity contribution is 9.13. The standard InChI is InChI=1S/C13H10Br3NO/c14-10-5-3-6-11(13(10)15)17(16)8-9-4-1-2-7-12(9)18/h1-7,18H,8H2. The van der Waals surface area contributed by atoms with Gasteiger partial charge in [0.15, 0.2) is 0 Å². The summed E-state index contributed by atoms with van der Waals surface area (Å²) >= 11 is 10.5. The summed E-state index contributed by atoms with van der Waals surface area (Å²) in [5.74, 6) is 0.299. The number of rotatable bonds is 3. The third-order valence-electron chi connectivity index (χ3n) is 2.49. The van der Waals surface area contributed by atoms with Crippen LogP contribution < -0.4 is 3.93 Å². The fourth-order valence-electron chi connectivity index (χ4n) is 1.56. The molecule has 0 bridgehead atoms. The molecule has 0 aliphatic heterocycles. The molecule has 0 aliphatic carbocycles. The number of benzene rings is 2. The number of hydrogen-bond donors (Lipinski definition) is 1. The van der Waals surface area contributed by atoms with Gasteiger partial charge in [0.05, 0.1) is 32.9 Å². The average Bonchev–Trinajstić information content (AvgIpc) is 2.35. The Morgan fingerprint density at radius 2 is 1.72 bits per heavy atom. The first-order valence-corrected chi connectivity index (χ1v) is 7.53. The number of halogens is 3. The number of phenolic OH excluding ortho intramolecular Hbond substituents is 1. The summed E-state index contributed by atoms with van der Waals surface area (Å²) in [5.41, 5.74) is 1.86. The summed E-state index contributed by atoms with van der Waals surface area (Å²) in [6, 6.07) is 13.2. The number of aromatic hydroxyl groups is 1. The molecule has 1 N–H and O–H groups in total. The van der Waals surface area contributed by atoms with Crippen molar-refractivity contribution in [3.63, 3.8) is 0 Å². The second-order valence-corrected chi connectivity index (χ2v) is 6.23. The van der Waals surface area contributed by atoms with Crippen LogP contribution in [0.4, 0.5) is 5.69 Å². The molecule has 0 unspecified atom stereocenters. The fourth-order valence-corrected chi connectivity index (χ4v) is 3.20. The van der Waals surface area contributed by atoms with Gasteiger partial charge >= 0.3 is 0 Å². The van der Waals surface area contributed by atoms with Gasteiger partial charge in [-0.3, -0.25) is 0 Å². The summed E-state index contributed by atoms with van der Waals surface area (Å²) in [7, 11) is 0. The molecule has 94 valence electrons. The van der Waals surface area contributed by atoms with Crippen molar-refractivity contribution in [3.05, 3.63) is 57.0 Å². The zero-order chi connectivity index (χ0) is 13.1. The summed E-state index contributed by atoms with van der Waals surface area (Å²) in [4.78, 5) is 0. The zero-order valence-electron chi connectivity index (χ0n) is 9.28. The summed E-state index contributed by atoms with van der Waals surface area (Å²) in [6.07, 6.45) is 0. The molecular formula is C13H10Br3NO. The molecule has 0 radical (unpaired) electrons. The maximum absolute atomic E-state index is 9.76. The van der Waals surface area contributed by atoms with Gasteiger partial charge in [-0.2, -0.15) is 0 Å². The first kappa shape index (κ1) is 13.9. The Hall–Kier alpha value is -0.520. The van der Waals surface area contributed by atoms with E-state index in [0.717, 1.165) is 20.2 Å². The van der Waals surface area contributed by atoms with Crippen LogP contribution in [-0.4, -0.2) is 5.11 Å². The summed E-state index contributed by atoms with van der Waals surface area (Å²) in [6.45, 7) is 0.571. The molecule has 2 nitrogen and oxygen atoms in total. The van der Waals surface area contributed by atoms with Crippen molar-refractivity contribution >= 4 is 53.7 Å². The predicted molar refractivity (Wildman–Crippen MR) is 85.1 cm³/mol. The fraction of sp³-hybridized carbons (Fsp3) is 0.0769. The van der Waals surface area contributed by atoms with E-state index in [1.807, 2.05) is 40.3 Å². The maximum Gasteiger partial charge on any atom is 0.120 e. The van der Waals surface area contributed by atoms with Gasteiger partial charge in [0.2, 0.25) is 0 Å². The number of para-hydroxylation sites is 1. The van der Waals surface area contributed by atoms with Gasteiger partial charge in [-0.1, -0.05) is 24.3 Å². The van der Waals surface area contributed by atoms with Gasteiger partial charge in [0.25, 0.3) is 0 Å². The lowest BCUT2D eigenvalue weighted by molar-refractivity contribution is 0.468. The third-order valence-corrected chi connectivity index (χ3v) is 5.15. The van der Waals surface area contributed by atoms with Crippen LogP contribution in [0.15, 0.2) is 51.4 Å². The van der Waals surface area contributed by atoms with Gasteiger partial charge in [-0.05, 0) is 50.1 Å². The SMILES string of the molecule is Oc1ccccc1CN(Br)c1cccc(Br)c1Br. The van der Waals surface area contributed by atoms with Crippen molar-refractivity contribution in [1.29, 1.82) is 0 Å². The van der Waals surface area contributed by atoms with E-state index in [1.54, 1.807) is 6.07 Å². The first-order valence-electron chi connectivity index (χ1n) is 5.24. The minimum absolute atomic E-state index is 0.299. The van der Waals surface area contributed by atoms with Crippen molar-refractivity contribution in [1.82, 2.24) is 0 Å². The van der Waals surface area contributed by atoms with Gasteiger partial charge in [0.1, 0.15) is 5.75 Å². The molecule has 0 spiro atoms. The van der Waals surface area contributed by atoms with E-state index in [1.165, 1.54) is 0 Å². The Bertz CT molecular complexity index is 560. The lowest BCUT2D eigenvalue weighted by Gasteiger charge is -2.19. The average molecular weight is 436 g/mol. The molecule has 18 heavy (non-hydrogen) atoms. The highest BCUT2D eigenvalue weighted by atomic mass is 79.9. The van der Waals surface area contributed by atoms with E-state index in [4.69, 9.17) is 0 Å². The Balaban J connectivity index is 2.25. The molecule has 2 aromatic rings. The second kappa shape index (κ2) is 6.08. The molecule has 0 atom stereocenters. The van der Waals surface area contributed by atoms with Gasteiger partial charge < -0.3 is 9.03 Å². The van der Waals surface area contributed by atoms with E-state index < -0.39 is 0 Å². The van der Waals surface area contributed by atoms with Crippen LogP contribution in [0.5, 0.6) is 5.75 Å². The monoisotopic (exact) mass is 433 g/mol. The molecule has 0 fully saturated rings. The molecular weight excluding hydrogens is 426 g/mol. The largest absolute Gasteiger partial charge is 0.508 e. The molecule has 0 aromatic heterocycles. The zero-order valence-corrected chi connectivity index (χ0v) is 14.0. The molecule has 0 heterocycles. The topological polar surface area (TPSA) is 23.5 Å². The highest BCUT2D eigenvalue weighted by Crippen LogP contribution is 2.35. The Labute approximate surface area is 131 Å². The summed E-state index contributed by atoms with van der Waals surface area (Å²) in [5, 5.41) is 9.76. The Kier molecular flexibility index (Phi) is 4.70. The predicted octanol–water partition coefficient (Wildman–Crippen LogP) is 5.23. The smallest absolute Gasteiger partial charge is 0.120 e.